The Morgan fingerprint density at radius 3 is 2.64 bits per heavy atom. The molecule has 1 unspecified atom stereocenters. The van der Waals surface area contributed by atoms with Crippen LogP contribution in [0.1, 0.15) is 28.5 Å². The van der Waals surface area contributed by atoms with E-state index in [-0.39, 0.29) is 22.7 Å². The monoisotopic (exact) mass is 438 g/mol. The van der Waals surface area contributed by atoms with E-state index in [1.54, 1.807) is 30.3 Å². The second-order valence-corrected chi connectivity index (χ2v) is 7.51. The molecule has 9 heteroatoms. The molecule has 0 saturated carbocycles. The number of carboxylic acids is 1. The van der Waals surface area contributed by atoms with Gasteiger partial charge in [0.2, 0.25) is 0 Å². The van der Waals surface area contributed by atoms with Crippen molar-refractivity contribution in [3.05, 3.63) is 75.0 Å². The lowest BCUT2D eigenvalue weighted by molar-refractivity contribution is -0.137. The lowest BCUT2D eigenvalue weighted by atomic mass is 10.0. The summed E-state index contributed by atoms with van der Waals surface area (Å²) in [5.74, 6) is -2.14. The minimum atomic E-state index is -1.11. The molecule has 3 rings (SSSR count). The molecule has 0 radical (unpaired) electrons. The molecule has 28 heavy (non-hydrogen) atoms. The van der Waals surface area contributed by atoms with Crippen LogP contribution in [0.25, 0.3) is 10.6 Å². The Morgan fingerprint density at radius 1 is 1.21 bits per heavy atom. The number of rotatable bonds is 6. The van der Waals surface area contributed by atoms with Gasteiger partial charge in [0.05, 0.1) is 12.5 Å². The summed E-state index contributed by atoms with van der Waals surface area (Å²) in [6.07, 6.45) is -0.378. The van der Waals surface area contributed by atoms with Crippen molar-refractivity contribution >= 4 is 46.4 Å². The highest BCUT2D eigenvalue weighted by atomic mass is 35.5. The molecule has 0 aliphatic carbocycles. The lowest BCUT2D eigenvalue weighted by Crippen LogP contribution is -2.30. The third-order valence-corrected chi connectivity index (χ3v) is 5.30. The third-order valence-electron chi connectivity index (χ3n) is 3.86. The number of carbonyl (C=O) groups is 2. The van der Waals surface area contributed by atoms with Gasteiger partial charge >= 0.3 is 5.97 Å². The number of hydrogen-bond acceptors (Lipinski definition) is 4. The molecule has 2 N–H and O–H groups in total. The molecule has 0 spiro atoms. The average Bonchev–Trinajstić information content (AvgIpc) is 3.11. The Balaban J connectivity index is 1.84. The van der Waals surface area contributed by atoms with Crippen molar-refractivity contribution in [2.24, 2.45) is 0 Å². The fourth-order valence-corrected chi connectivity index (χ4v) is 3.93. The first-order valence-electron chi connectivity index (χ1n) is 8.03. The molecule has 0 aliphatic heterocycles. The van der Waals surface area contributed by atoms with Crippen LogP contribution < -0.4 is 5.32 Å². The van der Waals surface area contributed by atoms with E-state index in [1.807, 2.05) is 0 Å². The molecule has 1 atom stereocenters. The Labute approximate surface area is 173 Å². The number of carboxylic acid groups (broad SMARTS) is 1. The Morgan fingerprint density at radius 2 is 1.96 bits per heavy atom. The van der Waals surface area contributed by atoms with Crippen molar-refractivity contribution in [3.63, 3.8) is 0 Å². The molecule has 3 aromatic rings. The van der Waals surface area contributed by atoms with Crippen molar-refractivity contribution in [3.8, 4) is 10.6 Å². The van der Waals surface area contributed by atoms with Crippen LogP contribution >= 0.6 is 34.5 Å². The zero-order chi connectivity index (χ0) is 20.3. The first kappa shape index (κ1) is 20.3. The number of thiazole rings is 1. The van der Waals surface area contributed by atoms with Gasteiger partial charge in [-0.3, -0.25) is 9.59 Å². The number of nitrogens with zero attached hydrogens (tertiary/aromatic N) is 1. The molecule has 5 nitrogen and oxygen atoms in total. The van der Waals surface area contributed by atoms with Gasteiger partial charge in [-0.2, -0.15) is 0 Å². The standard InChI is InChI=1S/C19H13Cl2FN2O3S/c20-10-5-6-11(13(21)7-10)15(8-17(25)26)23-18(27)16-9-28-19(24-16)12-3-1-2-4-14(12)22/h1-7,9,15H,8H2,(H,23,27)(H,25,26). The predicted octanol–water partition coefficient (Wildman–Crippen LogP) is 5.20. The number of carbonyl (C=O) groups excluding carboxylic acids is 1. The van der Waals surface area contributed by atoms with Crippen molar-refractivity contribution in [1.29, 1.82) is 0 Å². The highest BCUT2D eigenvalue weighted by molar-refractivity contribution is 7.13. The lowest BCUT2D eigenvalue weighted by Gasteiger charge is -2.18. The molecule has 1 aromatic heterocycles. The van der Waals surface area contributed by atoms with Crippen molar-refractivity contribution < 1.29 is 19.1 Å². The number of amides is 1. The predicted molar refractivity (Wildman–Crippen MR) is 106 cm³/mol. The van der Waals surface area contributed by atoms with E-state index < -0.39 is 23.7 Å². The van der Waals surface area contributed by atoms with Crippen LogP contribution in [-0.4, -0.2) is 22.0 Å². The topological polar surface area (TPSA) is 79.3 Å². The maximum absolute atomic E-state index is 13.9. The molecule has 2 aromatic carbocycles. The van der Waals surface area contributed by atoms with Crippen LogP contribution in [0.15, 0.2) is 47.8 Å². The number of benzene rings is 2. The number of aliphatic carboxylic acids is 1. The van der Waals surface area contributed by atoms with Gasteiger partial charge in [0.1, 0.15) is 16.5 Å². The summed E-state index contributed by atoms with van der Waals surface area (Å²) in [5, 5.41) is 14.3. The number of nitrogens with one attached hydrogen (secondary N) is 1. The zero-order valence-corrected chi connectivity index (χ0v) is 16.5. The van der Waals surface area contributed by atoms with Gasteiger partial charge in [-0.15, -0.1) is 11.3 Å². The van der Waals surface area contributed by atoms with Crippen LogP contribution in [0.5, 0.6) is 0 Å². The molecule has 0 saturated heterocycles. The largest absolute Gasteiger partial charge is 0.481 e. The van der Waals surface area contributed by atoms with Crippen LogP contribution in [0.4, 0.5) is 4.39 Å². The molecule has 0 aliphatic rings. The van der Waals surface area contributed by atoms with E-state index in [0.29, 0.717) is 15.6 Å². The van der Waals surface area contributed by atoms with E-state index in [0.717, 1.165) is 11.3 Å². The minimum absolute atomic E-state index is 0.0590. The Hall–Kier alpha value is -2.48. The van der Waals surface area contributed by atoms with Crippen LogP contribution in [0.3, 0.4) is 0 Å². The highest BCUT2D eigenvalue weighted by Crippen LogP contribution is 2.29. The third kappa shape index (κ3) is 4.67. The highest BCUT2D eigenvalue weighted by Gasteiger charge is 2.23. The quantitative estimate of drug-likeness (QED) is 0.553. The number of halogens is 3. The normalized spacial score (nSPS) is 11.8. The molecule has 0 bridgehead atoms. The SMILES string of the molecule is O=C(O)CC(NC(=O)c1csc(-c2ccccc2F)n1)c1ccc(Cl)cc1Cl. The van der Waals surface area contributed by atoms with Gasteiger partial charge in [0.25, 0.3) is 5.91 Å². The van der Waals surface area contributed by atoms with Crippen molar-refractivity contribution in [1.82, 2.24) is 10.3 Å². The summed E-state index contributed by atoms with van der Waals surface area (Å²) in [5.41, 5.74) is 0.768. The summed E-state index contributed by atoms with van der Waals surface area (Å²) < 4.78 is 13.9. The number of aromatic nitrogens is 1. The summed E-state index contributed by atoms with van der Waals surface area (Å²) in [7, 11) is 0. The zero-order valence-electron chi connectivity index (χ0n) is 14.2. The van der Waals surface area contributed by atoms with Crippen LogP contribution in [0.2, 0.25) is 10.0 Å². The van der Waals surface area contributed by atoms with E-state index in [2.05, 4.69) is 10.3 Å². The first-order chi connectivity index (χ1) is 13.3. The number of hydrogen-bond donors (Lipinski definition) is 2. The van der Waals surface area contributed by atoms with Gasteiger partial charge in [-0.25, -0.2) is 9.37 Å². The van der Waals surface area contributed by atoms with Crippen LogP contribution in [-0.2, 0) is 4.79 Å². The fraction of sp³-hybridized carbons (Fsp3) is 0.105. The maximum Gasteiger partial charge on any atom is 0.305 e. The van der Waals surface area contributed by atoms with Gasteiger partial charge < -0.3 is 10.4 Å². The first-order valence-corrected chi connectivity index (χ1v) is 9.66. The molecule has 1 amide bonds. The van der Waals surface area contributed by atoms with Gasteiger partial charge in [-0.1, -0.05) is 41.4 Å². The Kier molecular flexibility index (Phi) is 6.28. The Bertz CT molecular complexity index is 1040. The fourth-order valence-electron chi connectivity index (χ4n) is 2.57. The molecular formula is C19H13Cl2FN2O3S. The summed E-state index contributed by atoms with van der Waals surface area (Å²) >= 11 is 13.1. The second-order valence-electron chi connectivity index (χ2n) is 5.81. The van der Waals surface area contributed by atoms with Crippen molar-refractivity contribution in [2.45, 2.75) is 12.5 Å². The minimum Gasteiger partial charge on any atom is -0.481 e. The van der Waals surface area contributed by atoms with Gasteiger partial charge in [0.15, 0.2) is 0 Å². The summed E-state index contributed by atoms with van der Waals surface area (Å²) in [6, 6.07) is 9.82. The van der Waals surface area contributed by atoms with E-state index in [4.69, 9.17) is 23.2 Å². The average molecular weight is 439 g/mol. The van der Waals surface area contributed by atoms with E-state index in [1.165, 1.54) is 17.5 Å². The maximum atomic E-state index is 13.9. The van der Waals surface area contributed by atoms with Crippen molar-refractivity contribution in [2.75, 3.05) is 0 Å². The second kappa shape index (κ2) is 8.68. The molecule has 144 valence electrons. The molecule has 0 fully saturated rings. The smallest absolute Gasteiger partial charge is 0.305 e. The van der Waals surface area contributed by atoms with Crippen LogP contribution in [0, 0.1) is 5.82 Å². The molecular weight excluding hydrogens is 426 g/mol. The van der Waals surface area contributed by atoms with E-state index >= 15 is 0 Å². The summed E-state index contributed by atoms with van der Waals surface area (Å²) in [6.45, 7) is 0. The van der Waals surface area contributed by atoms with Gasteiger partial charge in [0, 0.05) is 21.0 Å². The van der Waals surface area contributed by atoms with E-state index in [9.17, 15) is 19.1 Å². The molecule has 1 heterocycles. The van der Waals surface area contributed by atoms with Gasteiger partial charge in [-0.05, 0) is 29.8 Å². The summed E-state index contributed by atoms with van der Waals surface area (Å²) in [4.78, 5) is 28.0.